The Labute approximate surface area is 99.3 Å². The molecule has 98 valence electrons. The van der Waals surface area contributed by atoms with E-state index in [1.807, 2.05) is 0 Å². The lowest BCUT2D eigenvalue weighted by atomic mass is 10.1. The van der Waals surface area contributed by atoms with Crippen molar-refractivity contribution >= 4 is 11.9 Å². The average Bonchev–Trinajstić information content (AvgIpc) is 2.34. The summed E-state index contributed by atoms with van der Waals surface area (Å²) in [6.07, 6.45) is -0.139. The van der Waals surface area contributed by atoms with Gasteiger partial charge in [0.15, 0.2) is 0 Å². The molecule has 1 heterocycles. The second kappa shape index (κ2) is 7.21. The van der Waals surface area contributed by atoms with Crippen LogP contribution in [-0.2, 0) is 19.1 Å². The van der Waals surface area contributed by atoms with Gasteiger partial charge in [-0.05, 0) is 6.42 Å². The minimum atomic E-state index is -0.961. The lowest BCUT2D eigenvalue weighted by molar-refractivity contribution is -0.137. The summed E-state index contributed by atoms with van der Waals surface area (Å²) in [5.41, 5.74) is 5.53. The van der Waals surface area contributed by atoms with Crippen LogP contribution in [-0.4, -0.2) is 55.5 Å². The fourth-order valence-electron chi connectivity index (χ4n) is 1.41. The first-order chi connectivity index (χ1) is 8.09. The van der Waals surface area contributed by atoms with Gasteiger partial charge in [0, 0.05) is 13.0 Å². The van der Waals surface area contributed by atoms with E-state index in [4.69, 9.17) is 20.3 Å². The first-order valence-corrected chi connectivity index (χ1v) is 5.54. The van der Waals surface area contributed by atoms with E-state index >= 15 is 0 Å². The van der Waals surface area contributed by atoms with Crippen molar-refractivity contribution in [2.75, 3.05) is 26.4 Å². The molecule has 2 atom stereocenters. The van der Waals surface area contributed by atoms with Crippen molar-refractivity contribution in [3.8, 4) is 0 Å². The molecule has 1 aliphatic heterocycles. The Morgan fingerprint density at radius 1 is 1.47 bits per heavy atom. The molecule has 0 aliphatic carbocycles. The first kappa shape index (κ1) is 13.9. The Kier molecular flexibility index (Phi) is 5.88. The molecule has 2 unspecified atom stereocenters. The second-order valence-electron chi connectivity index (χ2n) is 3.85. The van der Waals surface area contributed by atoms with E-state index in [0.29, 0.717) is 26.4 Å². The van der Waals surface area contributed by atoms with Crippen molar-refractivity contribution < 1.29 is 24.2 Å². The highest BCUT2D eigenvalue weighted by Gasteiger charge is 2.18. The highest BCUT2D eigenvalue weighted by molar-refractivity contribution is 5.82. The highest BCUT2D eigenvalue weighted by Crippen LogP contribution is 2.00. The van der Waals surface area contributed by atoms with Crippen LogP contribution in [0.25, 0.3) is 0 Å². The van der Waals surface area contributed by atoms with Gasteiger partial charge in [-0.1, -0.05) is 0 Å². The zero-order valence-corrected chi connectivity index (χ0v) is 9.55. The molecule has 0 bridgehead atoms. The molecule has 1 rings (SSSR count). The molecular weight excluding hydrogens is 228 g/mol. The normalized spacial score (nSPS) is 21.8. The third kappa shape index (κ3) is 5.62. The summed E-state index contributed by atoms with van der Waals surface area (Å²) in [4.78, 5) is 21.8. The zero-order valence-electron chi connectivity index (χ0n) is 9.55. The van der Waals surface area contributed by atoms with Crippen LogP contribution in [0.5, 0.6) is 0 Å². The fourth-order valence-corrected chi connectivity index (χ4v) is 1.41. The van der Waals surface area contributed by atoms with Crippen LogP contribution in [0.3, 0.4) is 0 Å². The SMILES string of the molecule is NC(CCC(=O)O)C(=O)NCC1COCCO1. The van der Waals surface area contributed by atoms with Crippen LogP contribution in [0.2, 0.25) is 0 Å². The lowest BCUT2D eigenvalue weighted by Gasteiger charge is -2.23. The maximum Gasteiger partial charge on any atom is 0.303 e. The van der Waals surface area contributed by atoms with Crippen LogP contribution in [0.1, 0.15) is 12.8 Å². The molecule has 17 heavy (non-hydrogen) atoms. The number of carbonyl (C=O) groups excluding carboxylic acids is 1. The number of hydrogen-bond acceptors (Lipinski definition) is 5. The van der Waals surface area contributed by atoms with Gasteiger partial charge in [0.1, 0.15) is 0 Å². The topological polar surface area (TPSA) is 111 Å². The molecule has 0 aromatic heterocycles. The second-order valence-corrected chi connectivity index (χ2v) is 3.85. The third-order valence-corrected chi connectivity index (χ3v) is 2.39. The van der Waals surface area contributed by atoms with Gasteiger partial charge >= 0.3 is 5.97 Å². The van der Waals surface area contributed by atoms with E-state index in [0.717, 1.165) is 0 Å². The van der Waals surface area contributed by atoms with Crippen LogP contribution < -0.4 is 11.1 Å². The quantitative estimate of drug-likeness (QED) is 0.538. The molecule has 0 aromatic rings. The smallest absolute Gasteiger partial charge is 0.303 e. The van der Waals surface area contributed by atoms with Crippen molar-refractivity contribution in [1.82, 2.24) is 5.32 Å². The molecule has 7 nitrogen and oxygen atoms in total. The van der Waals surface area contributed by atoms with Gasteiger partial charge in [-0.2, -0.15) is 0 Å². The van der Waals surface area contributed by atoms with Gasteiger partial charge in [-0.3, -0.25) is 9.59 Å². The predicted octanol–water partition coefficient (Wildman–Crippen LogP) is -1.29. The summed E-state index contributed by atoms with van der Waals surface area (Å²) in [5.74, 6) is -1.32. The molecule has 0 saturated carbocycles. The minimum Gasteiger partial charge on any atom is -0.481 e. The van der Waals surface area contributed by atoms with E-state index < -0.39 is 12.0 Å². The van der Waals surface area contributed by atoms with Gasteiger partial charge in [0.2, 0.25) is 5.91 Å². The zero-order chi connectivity index (χ0) is 12.7. The molecule has 0 radical (unpaired) electrons. The van der Waals surface area contributed by atoms with E-state index in [2.05, 4.69) is 5.32 Å². The highest BCUT2D eigenvalue weighted by atomic mass is 16.6. The first-order valence-electron chi connectivity index (χ1n) is 5.54. The molecule has 1 aliphatic rings. The minimum absolute atomic E-state index is 0.113. The number of amides is 1. The van der Waals surface area contributed by atoms with Crippen molar-refractivity contribution in [2.45, 2.75) is 25.0 Å². The van der Waals surface area contributed by atoms with Crippen LogP contribution in [0, 0.1) is 0 Å². The van der Waals surface area contributed by atoms with E-state index in [-0.39, 0.29) is 24.9 Å². The third-order valence-electron chi connectivity index (χ3n) is 2.39. The van der Waals surface area contributed by atoms with Crippen molar-refractivity contribution in [2.24, 2.45) is 5.73 Å². The maximum atomic E-state index is 11.5. The number of ether oxygens (including phenoxy) is 2. The summed E-state index contributed by atoms with van der Waals surface area (Å²) in [6, 6.07) is -0.796. The van der Waals surface area contributed by atoms with Crippen molar-refractivity contribution in [1.29, 1.82) is 0 Å². The molecule has 0 aromatic carbocycles. The number of aliphatic carboxylic acids is 1. The van der Waals surface area contributed by atoms with E-state index in [9.17, 15) is 9.59 Å². The Morgan fingerprint density at radius 2 is 2.24 bits per heavy atom. The Bertz CT molecular complexity index is 265. The largest absolute Gasteiger partial charge is 0.481 e. The lowest BCUT2D eigenvalue weighted by Crippen LogP contribution is -2.46. The number of carboxylic acids is 1. The fraction of sp³-hybridized carbons (Fsp3) is 0.800. The van der Waals surface area contributed by atoms with Gasteiger partial charge in [0.25, 0.3) is 0 Å². The summed E-state index contributed by atoms with van der Waals surface area (Å²) in [5, 5.41) is 11.1. The van der Waals surface area contributed by atoms with E-state index in [1.54, 1.807) is 0 Å². The number of nitrogens with one attached hydrogen (secondary N) is 1. The maximum absolute atomic E-state index is 11.5. The average molecular weight is 246 g/mol. The van der Waals surface area contributed by atoms with Crippen LogP contribution >= 0.6 is 0 Å². The van der Waals surface area contributed by atoms with Gasteiger partial charge in [0.05, 0.1) is 32.0 Å². The van der Waals surface area contributed by atoms with Gasteiger partial charge in [-0.15, -0.1) is 0 Å². The Balaban J connectivity index is 2.16. The van der Waals surface area contributed by atoms with Crippen LogP contribution in [0.4, 0.5) is 0 Å². The van der Waals surface area contributed by atoms with Crippen molar-refractivity contribution in [3.05, 3.63) is 0 Å². The van der Waals surface area contributed by atoms with E-state index in [1.165, 1.54) is 0 Å². The summed E-state index contributed by atoms with van der Waals surface area (Å²) in [7, 11) is 0. The Hall–Kier alpha value is -1.18. The van der Waals surface area contributed by atoms with Gasteiger partial charge in [-0.25, -0.2) is 0 Å². The van der Waals surface area contributed by atoms with Crippen LogP contribution in [0.15, 0.2) is 0 Å². The number of carbonyl (C=O) groups is 2. The summed E-state index contributed by atoms with van der Waals surface area (Å²) >= 11 is 0. The molecular formula is C10H18N2O5. The molecule has 1 amide bonds. The molecule has 1 fully saturated rings. The molecule has 7 heteroatoms. The monoisotopic (exact) mass is 246 g/mol. The molecule has 4 N–H and O–H groups in total. The number of rotatable bonds is 6. The summed E-state index contributed by atoms with van der Waals surface area (Å²) in [6.45, 7) is 1.87. The predicted molar refractivity (Wildman–Crippen MR) is 58.4 cm³/mol. The van der Waals surface area contributed by atoms with Gasteiger partial charge < -0.3 is 25.6 Å². The summed E-state index contributed by atoms with van der Waals surface area (Å²) < 4.78 is 10.5. The molecule has 0 spiro atoms. The number of carboxylic acid groups (broad SMARTS) is 1. The standard InChI is InChI=1S/C10H18N2O5/c11-8(1-2-9(13)14)10(15)12-5-7-6-16-3-4-17-7/h7-8H,1-6,11H2,(H,12,15)(H,13,14). The Morgan fingerprint density at radius 3 is 2.82 bits per heavy atom. The number of nitrogens with two attached hydrogens (primary N) is 1. The number of hydrogen-bond donors (Lipinski definition) is 3. The van der Waals surface area contributed by atoms with Crippen molar-refractivity contribution in [3.63, 3.8) is 0 Å². The molecule has 1 saturated heterocycles.